The summed E-state index contributed by atoms with van der Waals surface area (Å²) < 4.78 is 0. The standard InChI is InChI=1S/C72H51B2N5S/c1-8-26-50(27-9-1)75-64-42-24-22-40-59(64)60-44-57(76(51-28-10-2-11-29-51)52-30-12-3-13-31-52)47-70-71(60)73-61-48-63-66(49-69(61)80-70)79(56-38-20-7-21-39-56)68-46-58(77(53-32-14-4-15-33-53)54-34-16-5-17-35-54)45-67-72(68)74(63)62-41-23-25-43-65(62)78(67)55-36-18-6-19-37-55/h1-49,73,75H. The molecule has 80 heavy (non-hydrogen) atoms. The molecule has 376 valence electrons. The van der Waals surface area contributed by atoms with Gasteiger partial charge in [-0.3, -0.25) is 0 Å². The summed E-state index contributed by atoms with van der Waals surface area (Å²) in [7, 11) is 0.758. The summed E-state index contributed by atoms with van der Waals surface area (Å²) >= 11 is 1.90. The minimum absolute atomic E-state index is 0.0679. The maximum atomic E-state index is 3.83. The topological polar surface area (TPSA) is 25.0 Å². The number of hydrogen-bond donors (Lipinski definition) is 1. The van der Waals surface area contributed by atoms with Gasteiger partial charge in [0.2, 0.25) is 0 Å². The fourth-order valence-corrected chi connectivity index (χ4v) is 13.5. The summed E-state index contributed by atoms with van der Waals surface area (Å²) in [6.45, 7) is -0.0679. The maximum Gasteiger partial charge on any atom is 0.252 e. The number of fused-ring (bicyclic) bond motifs is 6. The van der Waals surface area contributed by atoms with E-state index in [9.17, 15) is 0 Å². The predicted octanol–water partition coefficient (Wildman–Crippen LogP) is 16.0. The van der Waals surface area contributed by atoms with Crippen molar-refractivity contribution in [1.29, 1.82) is 0 Å². The molecule has 0 aromatic heterocycles. The van der Waals surface area contributed by atoms with Crippen LogP contribution in [0, 0.1) is 0 Å². The molecule has 0 spiro atoms. The van der Waals surface area contributed by atoms with E-state index in [1.54, 1.807) is 0 Å². The molecule has 0 saturated heterocycles. The molecule has 0 amide bonds. The minimum Gasteiger partial charge on any atom is -0.355 e. The molecule has 3 aliphatic rings. The summed E-state index contributed by atoms with van der Waals surface area (Å²) in [4.78, 5) is 12.4. The van der Waals surface area contributed by atoms with Crippen LogP contribution in [0.1, 0.15) is 0 Å². The molecule has 3 heterocycles. The normalized spacial score (nSPS) is 12.5. The van der Waals surface area contributed by atoms with E-state index in [1.165, 1.54) is 54.0 Å². The van der Waals surface area contributed by atoms with Crippen LogP contribution in [-0.4, -0.2) is 14.0 Å². The summed E-state index contributed by atoms with van der Waals surface area (Å²) in [5, 5.41) is 3.83. The third-order valence-corrected chi connectivity index (χ3v) is 17.0. The van der Waals surface area contributed by atoms with Gasteiger partial charge in [-0.2, -0.15) is 0 Å². The van der Waals surface area contributed by atoms with Crippen molar-refractivity contribution in [3.63, 3.8) is 0 Å². The number of nitrogens with one attached hydrogen (secondary N) is 1. The summed E-state index contributed by atoms with van der Waals surface area (Å²) in [6.07, 6.45) is 0. The molecule has 8 heteroatoms. The van der Waals surface area contributed by atoms with E-state index in [0.717, 1.165) is 81.1 Å². The third-order valence-electron chi connectivity index (χ3n) is 15.8. The second-order valence-electron chi connectivity index (χ2n) is 20.5. The fraction of sp³-hybridized carbons (Fsp3) is 0. The largest absolute Gasteiger partial charge is 0.355 e. The first-order valence-corrected chi connectivity index (χ1v) is 28.2. The van der Waals surface area contributed by atoms with Crippen LogP contribution in [-0.2, 0) is 0 Å². The predicted molar refractivity (Wildman–Crippen MR) is 342 cm³/mol. The number of benzene rings is 12. The third kappa shape index (κ3) is 8.31. The minimum atomic E-state index is -0.0679. The second-order valence-corrected chi connectivity index (χ2v) is 21.6. The Morgan fingerprint density at radius 1 is 0.350 bits per heavy atom. The Hall–Kier alpha value is -9.88. The van der Waals surface area contributed by atoms with Gasteiger partial charge in [-0.05, 0) is 149 Å². The lowest BCUT2D eigenvalue weighted by Crippen LogP contribution is -2.62. The van der Waals surface area contributed by atoms with Gasteiger partial charge < -0.3 is 24.9 Å². The van der Waals surface area contributed by atoms with E-state index >= 15 is 0 Å². The summed E-state index contributed by atoms with van der Waals surface area (Å²) in [5.41, 5.74) is 24.4. The van der Waals surface area contributed by atoms with E-state index in [4.69, 9.17) is 0 Å². The molecule has 0 unspecified atom stereocenters. The number of anilines is 14. The van der Waals surface area contributed by atoms with Gasteiger partial charge in [-0.25, -0.2) is 0 Å². The molecule has 0 saturated carbocycles. The van der Waals surface area contributed by atoms with E-state index in [1.807, 2.05) is 11.8 Å². The van der Waals surface area contributed by atoms with Gasteiger partial charge in [0.1, 0.15) is 0 Å². The molecule has 0 fully saturated rings. The highest BCUT2D eigenvalue weighted by Gasteiger charge is 2.45. The van der Waals surface area contributed by atoms with E-state index < -0.39 is 0 Å². The highest BCUT2D eigenvalue weighted by atomic mass is 32.2. The average Bonchev–Trinajstić information content (AvgIpc) is 3.59. The van der Waals surface area contributed by atoms with Gasteiger partial charge in [-0.15, -0.1) is 0 Å². The van der Waals surface area contributed by atoms with Crippen molar-refractivity contribution in [3.8, 4) is 11.1 Å². The van der Waals surface area contributed by atoms with E-state index in [-0.39, 0.29) is 6.71 Å². The Morgan fingerprint density at radius 3 is 1.38 bits per heavy atom. The number of hydrogen-bond acceptors (Lipinski definition) is 6. The fourth-order valence-electron chi connectivity index (χ4n) is 12.4. The zero-order valence-electron chi connectivity index (χ0n) is 43.8. The molecule has 3 aliphatic heterocycles. The Kier molecular flexibility index (Phi) is 11.9. The van der Waals surface area contributed by atoms with E-state index in [0.29, 0.717) is 0 Å². The van der Waals surface area contributed by atoms with Crippen molar-refractivity contribution in [2.24, 2.45) is 0 Å². The molecule has 5 nitrogen and oxygen atoms in total. The second kappa shape index (κ2) is 20.2. The van der Waals surface area contributed by atoms with E-state index in [2.05, 4.69) is 322 Å². The van der Waals surface area contributed by atoms with Gasteiger partial charge in [0.05, 0.1) is 5.69 Å². The Balaban J connectivity index is 0.973. The maximum absolute atomic E-state index is 3.83. The number of nitrogens with zero attached hydrogens (tertiary/aromatic N) is 4. The lowest BCUT2D eigenvalue weighted by Gasteiger charge is -2.45. The molecule has 0 aliphatic carbocycles. The van der Waals surface area contributed by atoms with Crippen LogP contribution in [0.15, 0.2) is 307 Å². The lowest BCUT2D eigenvalue weighted by atomic mass is 9.33. The van der Waals surface area contributed by atoms with Crippen molar-refractivity contribution in [2.45, 2.75) is 9.79 Å². The molecule has 12 aromatic rings. The van der Waals surface area contributed by atoms with Crippen molar-refractivity contribution in [1.82, 2.24) is 0 Å². The monoisotopic (exact) mass is 1040 g/mol. The molecular formula is C72H51B2N5S. The number of rotatable bonds is 11. The van der Waals surface area contributed by atoms with Gasteiger partial charge >= 0.3 is 0 Å². The molecule has 15 rings (SSSR count). The zero-order chi connectivity index (χ0) is 52.9. The summed E-state index contributed by atoms with van der Waals surface area (Å²) in [5.74, 6) is 0. The zero-order valence-corrected chi connectivity index (χ0v) is 44.6. The van der Waals surface area contributed by atoms with Crippen LogP contribution < -0.4 is 52.2 Å². The molecule has 0 radical (unpaired) electrons. The SMILES string of the molecule is B1c2cc3c(cc2Sc2cc(N(c4ccccc4)c4ccccc4)cc(-c4ccccc4Nc4ccccc4)c21)N(c1ccccc1)c1cc(N(c2ccccc2)c2ccccc2)cc2c1B3c1ccccc1N2c1ccccc1. The van der Waals surface area contributed by atoms with Crippen LogP contribution >= 0.6 is 11.8 Å². The Morgan fingerprint density at radius 2 is 0.812 bits per heavy atom. The first-order chi connectivity index (χ1) is 39.7. The van der Waals surface area contributed by atoms with Crippen LogP contribution in [0.3, 0.4) is 0 Å². The van der Waals surface area contributed by atoms with Crippen LogP contribution in [0.25, 0.3) is 11.1 Å². The Labute approximate surface area is 473 Å². The van der Waals surface area contributed by atoms with Crippen molar-refractivity contribution in [3.05, 3.63) is 297 Å². The highest BCUT2D eigenvalue weighted by Crippen LogP contribution is 2.50. The van der Waals surface area contributed by atoms with Gasteiger partial charge in [0.15, 0.2) is 7.28 Å². The van der Waals surface area contributed by atoms with Gasteiger partial charge in [-0.1, -0.05) is 193 Å². The van der Waals surface area contributed by atoms with Gasteiger partial charge in [0, 0.05) is 89.3 Å². The quantitative estimate of drug-likeness (QED) is 0.130. The molecule has 1 N–H and O–H groups in total. The first kappa shape index (κ1) is 47.3. The van der Waals surface area contributed by atoms with Crippen LogP contribution in [0.5, 0.6) is 0 Å². The summed E-state index contributed by atoms with van der Waals surface area (Å²) in [6, 6.07) is 108. The lowest BCUT2D eigenvalue weighted by molar-refractivity contribution is 1.22. The highest BCUT2D eigenvalue weighted by molar-refractivity contribution is 8.00. The van der Waals surface area contributed by atoms with Crippen molar-refractivity contribution >= 4 is 133 Å². The van der Waals surface area contributed by atoms with Crippen LogP contribution in [0.4, 0.5) is 79.6 Å². The molecule has 0 atom stereocenters. The number of para-hydroxylation sites is 9. The van der Waals surface area contributed by atoms with Gasteiger partial charge in [0.25, 0.3) is 6.71 Å². The van der Waals surface area contributed by atoms with Crippen molar-refractivity contribution in [2.75, 3.05) is 24.9 Å². The molecule has 0 bridgehead atoms. The van der Waals surface area contributed by atoms with Crippen LogP contribution in [0.2, 0.25) is 0 Å². The molecular weight excluding hydrogens is 989 g/mol. The Bertz CT molecular complexity index is 4150. The average molecular weight is 1040 g/mol. The van der Waals surface area contributed by atoms with Crippen molar-refractivity contribution < 1.29 is 0 Å². The molecule has 12 aromatic carbocycles. The smallest absolute Gasteiger partial charge is 0.252 e. The first-order valence-electron chi connectivity index (χ1n) is 27.4.